The van der Waals surface area contributed by atoms with Gasteiger partial charge in [-0.25, -0.2) is 9.97 Å². The van der Waals surface area contributed by atoms with Gasteiger partial charge in [-0.05, 0) is 24.3 Å². The van der Waals surface area contributed by atoms with Crippen LogP contribution in [0.25, 0.3) is 6.08 Å². The van der Waals surface area contributed by atoms with Crippen LogP contribution in [0.2, 0.25) is 0 Å². The van der Waals surface area contributed by atoms with Crippen LogP contribution in [0.15, 0.2) is 5.57 Å². The number of hydrogen-bond acceptors (Lipinski definition) is 2. The number of allylic oxidation sites excluding steroid dienone is 1. The lowest BCUT2D eigenvalue weighted by molar-refractivity contribution is 0.709. The highest BCUT2D eigenvalue weighted by molar-refractivity contribution is 5.62. The normalized spacial score (nSPS) is 14.6. The van der Waals surface area contributed by atoms with E-state index < -0.39 is 0 Å². The molecule has 0 saturated heterocycles. The summed E-state index contributed by atoms with van der Waals surface area (Å²) in [6.07, 6.45) is 3.32. The lowest BCUT2D eigenvalue weighted by Gasteiger charge is -2.14. The van der Waals surface area contributed by atoms with Gasteiger partial charge < -0.3 is 0 Å². The maximum Gasteiger partial charge on any atom is 0.131 e. The lowest BCUT2D eigenvalue weighted by Crippen LogP contribution is -2.08. The smallest absolute Gasteiger partial charge is 0.131 e. The first-order chi connectivity index (χ1) is 8.40. The third kappa shape index (κ3) is 2.33. The average molecular weight is 244 g/mol. The molecule has 2 nitrogen and oxygen atoms in total. The monoisotopic (exact) mass is 244 g/mol. The molecule has 0 saturated carbocycles. The second-order valence-electron chi connectivity index (χ2n) is 6.19. The molecule has 2 heteroatoms. The minimum atomic E-state index is 0.393. The summed E-state index contributed by atoms with van der Waals surface area (Å²) < 4.78 is 0. The Morgan fingerprint density at radius 3 is 2.06 bits per heavy atom. The molecule has 1 aliphatic carbocycles. The van der Waals surface area contributed by atoms with Crippen LogP contribution in [0.3, 0.4) is 0 Å². The molecule has 1 aromatic heterocycles. The van der Waals surface area contributed by atoms with Gasteiger partial charge in [0.15, 0.2) is 0 Å². The Hall–Kier alpha value is -1.18. The SMILES string of the molecule is CC(C)C1=Cc2nc(C(C)C)nc(C(C)C)c2C1. The average Bonchev–Trinajstić information content (AvgIpc) is 2.70. The van der Waals surface area contributed by atoms with Gasteiger partial charge in [0.2, 0.25) is 0 Å². The zero-order valence-electron chi connectivity index (χ0n) is 12.4. The topological polar surface area (TPSA) is 25.8 Å². The van der Waals surface area contributed by atoms with Gasteiger partial charge >= 0.3 is 0 Å². The van der Waals surface area contributed by atoms with E-state index >= 15 is 0 Å². The summed E-state index contributed by atoms with van der Waals surface area (Å²) in [5.41, 5.74) is 5.26. The first-order valence-electron chi connectivity index (χ1n) is 7.01. The Balaban J connectivity index is 2.51. The summed E-state index contributed by atoms with van der Waals surface area (Å²) in [6, 6.07) is 0. The van der Waals surface area contributed by atoms with Crippen LogP contribution in [-0.4, -0.2) is 9.97 Å². The van der Waals surface area contributed by atoms with Gasteiger partial charge in [0.05, 0.1) is 11.4 Å². The van der Waals surface area contributed by atoms with Crippen molar-refractivity contribution in [1.82, 2.24) is 9.97 Å². The summed E-state index contributed by atoms with van der Waals surface area (Å²) >= 11 is 0. The Morgan fingerprint density at radius 1 is 0.889 bits per heavy atom. The van der Waals surface area contributed by atoms with Gasteiger partial charge in [-0.3, -0.25) is 0 Å². The second-order valence-corrected chi connectivity index (χ2v) is 6.19. The zero-order valence-corrected chi connectivity index (χ0v) is 12.4. The molecular weight excluding hydrogens is 220 g/mol. The molecule has 0 spiro atoms. The van der Waals surface area contributed by atoms with Crippen molar-refractivity contribution in [2.75, 3.05) is 0 Å². The van der Waals surface area contributed by atoms with Crippen LogP contribution in [0.5, 0.6) is 0 Å². The van der Waals surface area contributed by atoms with Crippen molar-refractivity contribution >= 4 is 6.08 Å². The predicted octanol–water partition coefficient (Wildman–Crippen LogP) is 4.32. The van der Waals surface area contributed by atoms with E-state index in [4.69, 9.17) is 9.97 Å². The molecule has 0 aliphatic heterocycles. The van der Waals surface area contributed by atoms with Crippen LogP contribution in [0.4, 0.5) is 0 Å². The third-order valence-electron chi connectivity index (χ3n) is 3.60. The Labute approximate surface area is 111 Å². The van der Waals surface area contributed by atoms with Crippen molar-refractivity contribution < 1.29 is 0 Å². The summed E-state index contributed by atoms with van der Waals surface area (Å²) in [5, 5.41) is 0. The zero-order chi connectivity index (χ0) is 13.4. The number of fused-ring (bicyclic) bond motifs is 1. The molecule has 1 heterocycles. The molecule has 0 N–H and O–H groups in total. The first kappa shape index (κ1) is 13.3. The van der Waals surface area contributed by atoms with E-state index in [9.17, 15) is 0 Å². The Bertz CT molecular complexity index is 482. The van der Waals surface area contributed by atoms with E-state index in [1.165, 1.54) is 22.5 Å². The van der Waals surface area contributed by atoms with Crippen LogP contribution in [-0.2, 0) is 6.42 Å². The fraction of sp³-hybridized carbons (Fsp3) is 0.625. The number of nitrogens with zero attached hydrogens (tertiary/aromatic N) is 2. The van der Waals surface area contributed by atoms with Crippen LogP contribution in [0.1, 0.15) is 76.2 Å². The van der Waals surface area contributed by atoms with E-state index in [0.29, 0.717) is 17.8 Å². The number of aromatic nitrogens is 2. The molecule has 0 atom stereocenters. The number of rotatable bonds is 3. The maximum absolute atomic E-state index is 4.79. The minimum absolute atomic E-state index is 0.393. The molecule has 1 aliphatic rings. The van der Waals surface area contributed by atoms with Crippen molar-refractivity contribution in [3.8, 4) is 0 Å². The largest absolute Gasteiger partial charge is 0.237 e. The Morgan fingerprint density at radius 2 is 1.56 bits per heavy atom. The van der Waals surface area contributed by atoms with Crippen LogP contribution >= 0.6 is 0 Å². The molecule has 0 bridgehead atoms. The molecule has 98 valence electrons. The van der Waals surface area contributed by atoms with Gasteiger partial charge in [0.25, 0.3) is 0 Å². The molecule has 1 aromatic rings. The van der Waals surface area contributed by atoms with Crippen molar-refractivity contribution in [3.63, 3.8) is 0 Å². The molecule has 0 aromatic carbocycles. The predicted molar refractivity (Wildman–Crippen MR) is 76.7 cm³/mol. The fourth-order valence-corrected chi connectivity index (χ4v) is 2.38. The van der Waals surface area contributed by atoms with E-state index in [-0.39, 0.29) is 0 Å². The van der Waals surface area contributed by atoms with E-state index in [1.807, 2.05) is 0 Å². The molecule has 0 amide bonds. The van der Waals surface area contributed by atoms with Gasteiger partial charge in [-0.15, -0.1) is 0 Å². The van der Waals surface area contributed by atoms with Gasteiger partial charge in [-0.2, -0.15) is 0 Å². The van der Waals surface area contributed by atoms with Crippen molar-refractivity contribution in [2.45, 2.75) is 59.8 Å². The molecule has 0 radical (unpaired) electrons. The summed E-state index contributed by atoms with van der Waals surface area (Å²) in [7, 11) is 0. The van der Waals surface area contributed by atoms with Crippen molar-refractivity contribution in [3.05, 3.63) is 28.3 Å². The lowest BCUT2D eigenvalue weighted by atomic mass is 9.97. The molecule has 0 fully saturated rings. The molecule has 2 rings (SSSR count). The number of hydrogen-bond donors (Lipinski definition) is 0. The van der Waals surface area contributed by atoms with Gasteiger partial charge in [-0.1, -0.05) is 47.1 Å². The van der Waals surface area contributed by atoms with Gasteiger partial charge in [0.1, 0.15) is 5.82 Å². The summed E-state index contributed by atoms with van der Waals surface area (Å²) in [6.45, 7) is 13.3. The Kier molecular flexibility index (Phi) is 3.56. The fourth-order valence-electron chi connectivity index (χ4n) is 2.38. The maximum atomic E-state index is 4.79. The highest BCUT2D eigenvalue weighted by Crippen LogP contribution is 2.33. The quantitative estimate of drug-likeness (QED) is 0.791. The molecular formula is C16H24N2. The van der Waals surface area contributed by atoms with Crippen LogP contribution in [0, 0.1) is 5.92 Å². The first-order valence-corrected chi connectivity index (χ1v) is 7.01. The van der Waals surface area contributed by atoms with Crippen molar-refractivity contribution in [2.24, 2.45) is 5.92 Å². The standard InChI is InChI=1S/C16H24N2/c1-9(2)12-7-13-14(8-12)17-16(11(5)6)18-15(13)10(3)4/h8-11H,7H2,1-6H3. The van der Waals surface area contributed by atoms with Crippen LogP contribution < -0.4 is 0 Å². The summed E-state index contributed by atoms with van der Waals surface area (Å²) in [4.78, 5) is 9.53. The van der Waals surface area contributed by atoms with E-state index in [1.54, 1.807) is 0 Å². The molecule has 18 heavy (non-hydrogen) atoms. The van der Waals surface area contributed by atoms with E-state index in [0.717, 1.165) is 12.2 Å². The van der Waals surface area contributed by atoms with Crippen molar-refractivity contribution in [1.29, 1.82) is 0 Å². The molecule has 0 unspecified atom stereocenters. The highest BCUT2D eigenvalue weighted by atomic mass is 14.9. The van der Waals surface area contributed by atoms with E-state index in [2.05, 4.69) is 47.6 Å². The third-order valence-corrected chi connectivity index (χ3v) is 3.60. The second kappa shape index (κ2) is 4.83. The van der Waals surface area contributed by atoms with Gasteiger partial charge in [0, 0.05) is 11.5 Å². The highest BCUT2D eigenvalue weighted by Gasteiger charge is 2.23. The summed E-state index contributed by atoms with van der Waals surface area (Å²) in [5.74, 6) is 2.45. The minimum Gasteiger partial charge on any atom is -0.237 e.